The molecule has 1 aliphatic rings. The van der Waals surface area contributed by atoms with Gasteiger partial charge in [-0.1, -0.05) is 61.5 Å². The summed E-state index contributed by atoms with van der Waals surface area (Å²) < 4.78 is 5.46. The molecule has 1 aliphatic carbocycles. The van der Waals surface area contributed by atoms with Gasteiger partial charge in [0.15, 0.2) is 0 Å². The molecular formula is C25H28N2O5. The molecule has 168 valence electrons. The van der Waals surface area contributed by atoms with Crippen LogP contribution in [0.15, 0.2) is 61.2 Å². The quantitative estimate of drug-likeness (QED) is 0.493. The number of benzene rings is 2. The molecule has 7 heteroatoms. The van der Waals surface area contributed by atoms with E-state index in [0.717, 1.165) is 22.3 Å². The minimum atomic E-state index is -1.10. The van der Waals surface area contributed by atoms with Crippen LogP contribution in [0.4, 0.5) is 4.79 Å². The van der Waals surface area contributed by atoms with E-state index in [2.05, 4.69) is 29.3 Å². The molecule has 0 saturated heterocycles. The van der Waals surface area contributed by atoms with Gasteiger partial charge in [0.05, 0.1) is 5.92 Å². The topological polar surface area (TPSA) is 105 Å². The number of alkyl carbamates (subject to hydrolysis) is 1. The van der Waals surface area contributed by atoms with Crippen LogP contribution in [0.2, 0.25) is 0 Å². The monoisotopic (exact) mass is 436 g/mol. The number of aliphatic carboxylic acids is 1. The molecule has 2 amide bonds. The summed E-state index contributed by atoms with van der Waals surface area (Å²) in [5.74, 6) is -2.20. The van der Waals surface area contributed by atoms with Gasteiger partial charge in [-0.2, -0.15) is 0 Å². The van der Waals surface area contributed by atoms with Gasteiger partial charge in [0.1, 0.15) is 12.6 Å². The molecule has 7 nitrogen and oxygen atoms in total. The van der Waals surface area contributed by atoms with Gasteiger partial charge in [0, 0.05) is 12.5 Å². The maximum absolute atomic E-state index is 12.3. The molecular weight excluding hydrogens is 408 g/mol. The second-order valence-electron chi connectivity index (χ2n) is 7.87. The molecule has 3 rings (SSSR count). The number of carbonyl (C=O) groups is 3. The molecule has 2 aromatic rings. The molecule has 0 spiro atoms. The van der Waals surface area contributed by atoms with E-state index in [1.165, 1.54) is 0 Å². The third-order valence-corrected chi connectivity index (χ3v) is 5.62. The first-order chi connectivity index (χ1) is 15.4. The summed E-state index contributed by atoms with van der Waals surface area (Å²) >= 11 is 0. The highest BCUT2D eigenvalue weighted by Gasteiger charge is 2.29. The maximum Gasteiger partial charge on any atom is 0.407 e. The number of nitrogens with one attached hydrogen (secondary N) is 2. The minimum absolute atomic E-state index is 0.0380. The first-order valence-corrected chi connectivity index (χ1v) is 10.6. The number of ether oxygens (including phenoxy) is 1. The zero-order chi connectivity index (χ0) is 23.1. The Hall–Kier alpha value is -3.61. The van der Waals surface area contributed by atoms with Crippen LogP contribution in [-0.4, -0.2) is 42.3 Å². The van der Waals surface area contributed by atoms with Gasteiger partial charge < -0.3 is 20.5 Å². The molecule has 0 radical (unpaired) electrons. The molecule has 3 N–H and O–H groups in total. The summed E-state index contributed by atoms with van der Waals surface area (Å²) in [5.41, 5.74) is 4.53. The van der Waals surface area contributed by atoms with E-state index in [4.69, 9.17) is 4.74 Å². The van der Waals surface area contributed by atoms with E-state index >= 15 is 0 Å². The number of hydrogen-bond donors (Lipinski definition) is 3. The van der Waals surface area contributed by atoms with Gasteiger partial charge in [-0.25, -0.2) is 9.59 Å². The number of allylic oxidation sites excluding steroid dienone is 1. The average molecular weight is 437 g/mol. The Kier molecular flexibility index (Phi) is 7.65. The van der Waals surface area contributed by atoms with Crippen LogP contribution < -0.4 is 10.6 Å². The van der Waals surface area contributed by atoms with E-state index in [1.807, 2.05) is 36.4 Å². The number of hydrogen-bond acceptors (Lipinski definition) is 4. The van der Waals surface area contributed by atoms with Crippen LogP contribution in [0.1, 0.15) is 36.8 Å². The standard InChI is InChI=1S/C25H28N2O5/c1-3-4-13-22(24(29)30)27-23(28)16(2)14-26-25(31)32-15-21-19-11-7-5-9-17(19)18-10-6-8-12-20(18)21/h3,5-12,16,21-22H,1,4,13-15H2,2H3,(H,26,31)(H,27,28)(H,29,30). The van der Waals surface area contributed by atoms with E-state index in [1.54, 1.807) is 13.0 Å². The highest BCUT2D eigenvalue weighted by molar-refractivity contribution is 5.85. The average Bonchev–Trinajstić information content (AvgIpc) is 3.12. The Balaban J connectivity index is 1.51. The highest BCUT2D eigenvalue weighted by Crippen LogP contribution is 2.44. The van der Waals surface area contributed by atoms with Crippen molar-refractivity contribution in [2.45, 2.75) is 31.7 Å². The van der Waals surface area contributed by atoms with E-state index < -0.39 is 29.9 Å². The lowest BCUT2D eigenvalue weighted by molar-refractivity contribution is -0.142. The normalized spacial score (nSPS) is 13.9. The van der Waals surface area contributed by atoms with Gasteiger partial charge in [0.2, 0.25) is 5.91 Å². The molecule has 0 bridgehead atoms. The fraction of sp³-hybridized carbons (Fsp3) is 0.320. The summed E-state index contributed by atoms with van der Waals surface area (Å²) in [5, 5.41) is 14.3. The summed E-state index contributed by atoms with van der Waals surface area (Å²) in [6.07, 6.45) is 1.72. The molecule has 0 fully saturated rings. The molecule has 0 aliphatic heterocycles. The fourth-order valence-corrected chi connectivity index (χ4v) is 3.83. The highest BCUT2D eigenvalue weighted by atomic mass is 16.5. The van der Waals surface area contributed by atoms with Crippen molar-refractivity contribution in [2.24, 2.45) is 5.92 Å². The third kappa shape index (κ3) is 5.35. The van der Waals surface area contributed by atoms with Crippen LogP contribution in [0.3, 0.4) is 0 Å². The van der Waals surface area contributed by atoms with Crippen molar-refractivity contribution in [2.75, 3.05) is 13.2 Å². The van der Waals surface area contributed by atoms with Crippen LogP contribution in [0.25, 0.3) is 11.1 Å². The molecule has 0 saturated carbocycles. The van der Waals surface area contributed by atoms with Crippen molar-refractivity contribution in [1.29, 1.82) is 0 Å². The predicted octanol–water partition coefficient (Wildman–Crippen LogP) is 3.70. The van der Waals surface area contributed by atoms with Crippen molar-refractivity contribution >= 4 is 18.0 Å². The largest absolute Gasteiger partial charge is 0.480 e. The number of carbonyl (C=O) groups excluding carboxylic acids is 2. The summed E-state index contributed by atoms with van der Waals surface area (Å²) in [7, 11) is 0. The number of fused-ring (bicyclic) bond motifs is 3. The molecule has 2 unspecified atom stereocenters. The smallest absolute Gasteiger partial charge is 0.407 e. The lowest BCUT2D eigenvalue weighted by Gasteiger charge is -2.18. The van der Waals surface area contributed by atoms with Crippen molar-refractivity contribution in [1.82, 2.24) is 10.6 Å². The number of amides is 2. The summed E-state index contributed by atoms with van der Waals surface area (Å²) in [6.45, 7) is 5.40. The van der Waals surface area contributed by atoms with Crippen LogP contribution in [-0.2, 0) is 14.3 Å². The Labute approximate surface area is 187 Å². The SMILES string of the molecule is C=CCCC(NC(=O)C(C)CNC(=O)OCC1c2ccccc2-c2ccccc21)C(=O)O. The summed E-state index contributed by atoms with van der Waals surface area (Å²) in [4.78, 5) is 35.8. The first kappa shape index (κ1) is 23.1. The fourth-order valence-electron chi connectivity index (χ4n) is 3.83. The molecule has 32 heavy (non-hydrogen) atoms. The maximum atomic E-state index is 12.3. The second kappa shape index (κ2) is 10.6. The lowest BCUT2D eigenvalue weighted by Crippen LogP contribution is -2.45. The van der Waals surface area contributed by atoms with Gasteiger partial charge >= 0.3 is 12.1 Å². The Morgan fingerprint density at radius 1 is 1.09 bits per heavy atom. The van der Waals surface area contributed by atoms with Gasteiger partial charge in [-0.3, -0.25) is 4.79 Å². The van der Waals surface area contributed by atoms with E-state index in [-0.39, 0.29) is 25.5 Å². The van der Waals surface area contributed by atoms with Crippen LogP contribution >= 0.6 is 0 Å². The Bertz CT molecular complexity index is 958. The molecule has 2 aromatic carbocycles. The van der Waals surface area contributed by atoms with Gasteiger partial charge in [0.25, 0.3) is 0 Å². The molecule has 0 aromatic heterocycles. The van der Waals surface area contributed by atoms with Crippen LogP contribution in [0.5, 0.6) is 0 Å². The van der Waals surface area contributed by atoms with Crippen molar-refractivity contribution in [3.05, 3.63) is 72.3 Å². The zero-order valence-electron chi connectivity index (χ0n) is 18.0. The predicted molar refractivity (Wildman–Crippen MR) is 121 cm³/mol. The number of rotatable bonds is 10. The van der Waals surface area contributed by atoms with E-state index in [9.17, 15) is 19.5 Å². The Morgan fingerprint density at radius 3 is 2.25 bits per heavy atom. The number of carboxylic acid groups (broad SMARTS) is 1. The van der Waals surface area contributed by atoms with Crippen LogP contribution in [0, 0.1) is 5.92 Å². The number of carboxylic acids is 1. The molecule has 0 heterocycles. The van der Waals surface area contributed by atoms with E-state index in [0.29, 0.717) is 6.42 Å². The van der Waals surface area contributed by atoms with Crippen molar-refractivity contribution in [3.63, 3.8) is 0 Å². The van der Waals surface area contributed by atoms with Crippen molar-refractivity contribution in [3.8, 4) is 11.1 Å². The first-order valence-electron chi connectivity index (χ1n) is 10.6. The lowest BCUT2D eigenvalue weighted by atomic mass is 9.98. The minimum Gasteiger partial charge on any atom is -0.480 e. The van der Waals surface area contributed by atoms with Crippen molar-refractivity contribution < 1.29 is 24.2 Å². The van der Waals surface area contributed by atoms with Gasteiger partial charge in [-0.05, 0) is 35.1 Å². The van der Waals surface area contributed by atoms with Gasteiger partial charge in [-0.15, -0.1) is 6.58 Å². The second-order valence-corrected chi connectivity index (χ2v) is 7.87. The third-order valence-electron chi connectivity index (χ3n) is 5.62. The zero-order valence-corrected chi connectivity index (χ0v) is 18.0. The Morgan fingerprint density at radius 2 is 1.69 bits per heavy atom. The molecule has 2 atom stereocenters. The summed E-state index contributed by atoms with van der Waals surface area (Å²) in [6, 6.07) is 15.1.